The van der Waals surface area contributed by atoms with Crippen LogP contribution in [0.5, 0.6) is 0 Å². The van der Waals surface area contributed by atoms with Gasteiger partial charge in [-0.1, -0.05) is 6.07 Å². The van der Waals surface area contributed by atoms with Crippen molar-refractivity contribution >= 4 is 28.3 Å². The number of hydrogen-bond acceptors (Lipinski definition) is 4. The molecule has 2 N–H and O–H groups in total. The van der Waals surface area contributed by atoms with Crippen LogP contribution in [0.4, 0.5) is 0 Å². The number of H-pyrrole nitrogens is 1. The predicted molar refractivity (Wildman–Crippen MR) is 105 cm³/mol. The van der Waals surface area contributed by atoms with Gasteiger partial charge < -0.3 is 10.3 Å². The van der Waals surface area contributed by atoms with Gasteiger partial charge >= 0.3 is 0 Å². The Labute approximate surface area is 159 Å². The molecule has 1 amide bonds. The monoisotopic (exact) mass is 375 g/mol. The van der Waals surface area contributed by atoms with Crippen LogP contribution in [0.15, 0.2) is 59.3 Å². The molecular formula is C20H17N5OS. The lowest BCUT2D eigenvalue weighted by Crippen LogP contribution is -2.24. The molecule has 1 aromatic carbocycles. The Balaban J connectivity index is 1.56. The topological polar surface area (TPSA) is 75.1 Å². The Bertz CT molecular complexity index is 1220. The van der Waals surface area contributed by atoms with E-state index in [0.717, 1.165) is 30.6 Å². The quantitative estimate of drug-likeness (QED) is 0.566. The third kappa shape index (κ3) is 2.90. The molecular weight excluding hydrogens is 358 g/mol. The summed E-state index contributed by atoms with van der Waals surface area (Å²) in [4.78, 5) is 25.1. The second-order valence-electron chi connectivity index (χ2n) is 6.45. The molecule has 1 aliphatic heterocycles. The number of hydrogen-bond donors (Lipinski definition) is 2. The number of thiazole rings is 1. The molecule has 7 heteroatoms. The molecule has 27 heavy (non-hydrogen) atoms. The van der Waals surface area contributed by atoms with E-state index in [1.165, 1.54) is 22.5 Å². The smallest absolute Gasteiger partial charge is 0.281 e. The second kappa shape index (κ2) is 6.61. The molecule has 0 fully saturated rings. The summed E-state index contributed by atoms with van der Waals surface area (Å²) in [6.45, 7) is 1.90. The lowest BCUT2D eigenvalue weighted by molar-refractivity contribution is 0.0999. The highest BCUT2D eigenvalue weighted by Gasteiger charge is 2.13. The maximum Gasteiger partial charge on any atom is 0.281 e. The summed E-state index contributed by atoms with van der Waals surface area (Å²) in [5.41, 5.74) is 4.93. The van der Waals surface area contributed by atoms with Gasteiger partial charge in [-0.3, -0.25) is 9.36 Å². The number of amides is 1. The van der Waals surface area contributed by atoms with Crippen LogP contribution < -0.4 is 10.1 Å². The highest BCUT2D eigenvalue weighted by Crippen LogP contribution is 2.19. The van der Waals surface area contributed by atoms with Crippen LogP contribution in [-0.2, 0) is 13.0 Å². The maximum absolute atomic E-state index is 12.8. The van der Waals surface area contributed by atoms with E-state index in [1.54, 1.807) is 12.4 Å². The molecule has 0 bridgehead atoms. The van der Waals surface area contributed by atoms with E-state index in [1.807, 2.05) is 28.3 Å². The van der Waals surface area contributed by atoms with Gasteiger partial charge in [0.15, 0.2) is 4.80 Å². The van der Waals surface area contributed by atoms with Gasteiger partial charge in [-0.25, -0.2) is 4.98 Å². The van der Waals surface area contributed by atoms with Crippen LogP contribution in [0, 0.1) is 0 Å². The summed E-state index contributed by atoms with van der Waals surface area (Å²) in [6, 6.07) is 10.1. The standard InChI is InChI=1S/C20H17N5OS/c26-19(17-12-23-18-16(17)2-1-6-22-18)24-20-25(8-9-27-20)15-4-3-13-5-7-21-11-14(13)10-15/h1-4,6,8-10,12,21H,5,7,11H2,(H,22,23)/b24-20-. The van der Waals surface area contributed by atoms with Gasteiger partial charge in [-0.15, -0.1) is 11.3 Å². The zero-order valence-electron chi connectivity index (χ0n) is 14.5. The molecule has 134 valence electrons. The number of rotatable bonds is 2. The molecule has 4 aromatic rings. The van der Waals surface area contributed by atoms with Crippen LogP contribution in [-0.4, -0.2) is 27.0 Å². The minimum atomic E-state index is -0.273. The van der Waals surface area contributed by atoms with Crippen molar-refractivity contribution in [2.24, 2.45) is 4.99 Å². The first kappa shape index (κ1) is 16.2. The van der Waals surface area contributed by atoms with Gasteiger partial charge in [0.05, 0.1) is 5.56 Å². The molecule has 0 aliphatic carbocycles. The van der Waals surface area contributed by atoms with Crippen molar-refractivity contribution < 1.29 is 4.79 Å². The number of nitrogens with one attached hydrogen (secondary N) is 2. The lowest BCUT2D eigenvalue weighted by atomic mass is 10.0. The van der Waals surface area contributed by atoms with E-state index in [0.29, 0.717) is 16.0 Å². The molecule has 0 atom stereocenters. The lowest BCUT2D eigenvalue weighted by Gasteiger charge is -2.18. The van der Waals surface area contributed by atoms with Gasteiger partial charge in [-0.2, -0.15) is 4.99 Å². The van der Waals surface area contributed by atoms with E-state index in [-0.39, 0.29) is 5.91 Å². The second-order valence-corrected chi connectivity index (χ2v) is 7.33. The van der Waals surface area contributed by atoms with Gasteiger partial charge in [0, 0.05) is 41.6 Å². The number of carbonyl (C=O) groups is 1. The van der Waals surface area contributed by atoms with Crippen molar-refractivity contribution in [1.29, 1.82) is 0 Å². The third-order valence-electron chi connectivity index (χ3n) is 4.82. The number of pyridine rings is 1. The molecule has 6 nitrogen and oxygen atoms in total. The van der Waals surface area contributed by atoms with Crippen molar-refractivity contribution in [2.75, 3.05) is 6.54 Å². The normalized spacial score (nSPS) is 14.4. The van der Waals surface area contributed by atoms with E-state index in [2.05, 4.69) is 38.5 Å². The molecule has 0 saturated carbocycles. The highest BCUT2D eigenvalue weighted by molar-refractivity contribution is 7.07. The van der Waals surface area contributed by atoms with E-state index >= 15 is 0 Å². The SMILES string of the molecule is O=C(/N=c1\sccn1-c1ccc2c(c1)CNCC2)c1c[nH]c2ncccc12. The Hall–Kier alpha value is -3.03. The fraction of sp³-hybridized carbons (Fsp3) is 0.150. The number of carbonyl (C=O) groups excluding carboxylic acids is 1. The molecule has 3 aromatic heterocycles. The molecule has 1 aliphatic rings. The maximum atomic E-state index is 12.8. The Morgan fingerprint density at radius 2 is 2.22 bits per heavy atom. The number of benzene rings is 1. The molecule has 0 spiro atoms. The summed E-state index contributed by atoms with van der Waals surface area (Å²) in [5, 5.41) is 6.13. The average Bonchev–Trinajstić information content (AvgIpc) is 3.34. The zero-order chi connectivity index (χ0) is 18.2. The Morgan fingerprint density at radius 3 is 3.19 bits per heavy atom. The Kier molecular flexibility index (Phi) is 3.95. The van der Waals surface area contributed by atoms with E-state index in [9.17, 15) is 4.79 Å². The fourth-order valence-corrected chi connectivity index (χ4v) is 4.17. The van der Waals surface area contributed by atoms with Crippen molar-refractivity contribution in [3.63, 3.8) is 0 Å². The van der Waals surface area contributed by atoms with Gasteiger partial charge in [0.2, 0.25) is 0 Å². The van der Waals surface area contributed by atoms with E-state index in [4.69, 9.17) is 0 Å². The minimum absolute atomic E-state index is 0.273. The van der Waals surface area contributed by atoms with Crippen LogP contribution in [0.2, 0.25) is 0 Å². The van der Waals surface area contributed by atoms with Gasteiger partial charge in [-0.05, 0) is 48.4 Å². The molecule has 0 radical (unpaired) electrons. The largest absolute Gasteiger partial charge is 0.345 e. The van der Waals surface area contributed by atoms with Crippen molar-refractivity contribution in [3.8, 4) is 5.69 Å². The molecule has 0 unspecified atom stereocenters. The summed E-state index contributed by atoms with van der Waals surface area (Å²) in [5.74, 6) is -0.273. The van der Waals surface area contributed by atoms with Crippen LogP contribution >= 0.6 is 11.3 Å². The van der Waals surface area contributed by atoms with Crippen LogP contribution in [0.1, 0.15) is 21.5 Å². The van der Waals surface area contributed by atoms with Gasteiger partial charge in [0.1, 0.15) is 5.65 Å². The number of aromatic amines is 1. The van der Waals surface area contributed by atoms with Crippen molar-refractivity contribution in [3.05, 3.63) is 75.8 Å². The van der Waals surface area contributed by atoms with Crippen molar-refractivity contribution in [2.45, 2.75) is 13.0 Å². The summed E-state index contributed by atoms with van der Waals surface area (Å²) in [6.07, 6.45) is 6.37. The van der Waals surface area contributed by atoms with E-state index < -0.39 is 0 Å². The fourth-order valence-electron chi connectivity index (χ4n) is 3.45. The van der Waals surface area contributed by atoms with Crippen LogP contribution in [0.25, 0.3) is 16.7 Å². The third-order valence-corrected chi connectivity index (χ3v) is 5.58. The first-order valence-corrected chi connectivity index (χ1v) is 9.68. The molecule has 0 saturated heterocycles. The molecule has 5 rings (SSSR count). The summed E-state index contributed by atoms with van der Waals surface area (Å²) in [7, 11) is 0. The predicted octanol–water partition coefficient (Wildman–Crippen LogP) is 2.80. The van der Waals surface area contributed by atoms with Gasteiger partial charge in [0.25, 0.3) is 5.91 Å². The summed E-state index contributed by atoms with van der Waals surface area (Å²) < 4.78 is 1.96. The average molecular weight is 375 g/mol. The Morgan fingerprint density at radius 1 is 1.26 bits per heavy atom. The summed E-state index contributed by atoms with van der Waals surface area (Å²) >= 11 is 1.45. The van der Waals surface area contributed by atoms with Crippen LogP contribution in [0.3, 0.4) is 0 Å². The minimum Gasteiger partial charge on any atom is -0.345 e. The number of aromatic nitrogens is 3. The zero-order valence-corrected chi connectivity index (χ0v) is 15.3. The highest BCUT2D eigenvalue weighted by atomic mass is 32.1. The molecule has 4 heterocycles. The first-order chi connectivity index (χ1) is 13.3. The number of fused-ring (bicyclic) bond motifs is 2. The number of nitrogens with zero attached hydrogens (tertiary/aromatic N) is 3. The van der Waals surface area contributed by atoms with Crippen molar-refractivity contribution in [1.82, 2.24) is 19.9 Å². The first-order valence-electron chi connectivity index (χ1n) is 8.80.